The zero-order valence-electron chi connectivity index (χ0n) is 8.32. The molecule has 0 saturated carbocycles. The van der Waals surface area contributed by atoms with Crippen LogP contribution in [-0.4, -0.2) is 13.1 Å². The van der Waals surface area contributed by atoms with Crippen LogP contribution in [0.25, 0.3) is 0 Å². The largest absolute Gasteiger partial charge is 0.317 e. The minimum Gasteiger partial charge on any atom is -0.317 e. The second kappa shape index (κ2) is 8.06. The molecule has 11 heavy (non-hydrogen) atoms. The lowest BCUT2D eigenvalue weighted by Gasteiger charge is -2.12. The van der Waals surface area contributed by atoms with E-state index in [4.69, 9.17) is 0 Å². The van der Waals surface area contributed by atoms with Gasteiger partial charge in [0.15, 0.2) is 0 Å². The topological polar surface area (TPSA) is 12.0 Å². The van der Waals surface area contributed by atoms with Crippen molar-refractivity contribution in [2.24, 2.45) is 0 Å². The van der Waals surface area contributed by atoms with E-state index >= 15 is 0 Å². The minimum absolute atomic E-state index is 0.756. The quantitative estimate of drug-likeness (QED) is 0.560. The van der Waals surface area contributed by atoms with Gasteiger partial charge in [-0.25, -0.2) is 0 Å². The van der Waals surface area contributed by atoms with Crippen LogP contribution in [0.5, 0.6) is 0 Å². The summed E-state index contributed by atoms with van der Waals surface area (Å²) >= 11 is 0. The van der Waals surface area contributed by atoms with Gasteiger partial charge in [-0.05, 0) is 19.9 Å². The molecule has 1 unspecified atom stereocenters. The highest BCUT2D eigenvalue weighted by Crippen LogP contribution is 2.06. The first kappa shape index (κ1) is 11.0. The van der Waals surface area contributed by atoms with Gasteiger partial charge >= 0.3 is 0 Å². The summed E-state index contributed by atoms with van der Waals surface area (Å²) in [6, 6.07) is 0.756. The van der Waals surface area contributed by atoms with Crippen LogP contribution >= 0.6 is 0 Å². The minimum atomic E-state index is 0.756. The van der Waals surface area contributed by atoms with Crippen LogP contribution in [0.3, 0.4) is 0 Å². The van der Waals surface area contributed by atoms with Crippen molar-refractivity contribution < 1.29 is 0 Å². The summed E-state index contributed by atoms with van der Waals surface area (Å²) in [7, 11) is 2.06. The maximum Gasteiger partial charge on any atom is 0.00614 e. The molecule has 0 saturated heterocycles. The Morgan fingerprint density at radius 3 is 2.27 bits per heavy atom. The molecule has 0 aromatic carbocycles. The predicted octanol–water partition coefficient (Wildman–Crippen LogP) is 2.95. The van der Waals surface area contributed by atoms with Crippen molar-refractivity contribution in [3.8, 4) is 0 Å². The molecule has 68 valence electrons. The van der Waals surface area contributed by atoms with Crippen molar-refractivity contribution in [1.82, 2.24) is 5.32 Å². The summed E-state index contributed by atoms with van der Waals surface area (Å²) in [5, 5.41) is 3.33. The van der Waals surface area contributed by atoms with Gasteiger partial charge in [-0.1, -0.05) is 39.5 Å². The number of hydrogen-bond acceptors (Lipinski definition) is 1. The first-order valence-corrected chi connectivity index (χ1v) is 5.02. The summed E-state index contributed by atoms with van der Waals surface area (Å²) in [6.45, 7) is 4.51. The van der Waals surface area contributed by atoms with Gasteiger partial charge in [0.05, 0.1) is 0 Å². The molecule has 0 aliphatic carbocycles. The number of rotatable bonds is 7. The second-order valence-electron chi connectivity index (χ2n) is 3.24. The van der Waals surface area contributed by atoms with Crippen LogP contribution in [0.15, 0.2) is 0 Å². The van der Waals surface area contributed by atoms with Crippen molar-refractivity contribution in [2.75, 3.05) is 7.05 Å². The van der Waals surface area contributed by atoms with Crippen molar-refractivity contribution in [1.29, 1.82) is 0 Å². The van der Waals surface area contributed by atoms with Gasteiger partial charge in [-0.2, -0.15) is 0 Å². The Hall–Kier alpha value is -0.0400. The van der Waals surface area contributed by atoms with Crippen LogP contribution < -0.4 is 5.32 Å². The molecule has 0 bridgehead atoms. The van der Waals surface area contributed by atoms with Crippen LogP contribution in [0.4, 0.5) is 0 Å². The van der Waals surface area contributed by atoms with Gasteiger partial charge in [0.25, 0.3) is 0 Å². The molecule has 0 aromatic rings. The van der Waals surface area contributed by atoms with Crippen molar-refractivity contribution in [3.63, 3.8) is 0 Å². The maximum absolute atomic E-state index is 3.33. The van der Waals surface area contributed by atoms with E-state index in [1.165, 1.54) is 38.5 Å². The first-order valence-electron chi connectivity index (χ1n) is 5.02. The lowest BCUT2D eigenvalue weighted by Crippen LogP contribution is -2.23. The van der Waals surface area contributed by atoms with Gasteiger partial charge < -0.3 is 5.32 Å². The van der Waals surface area contributed by atoms with E-state index < -0.39 is 0 Å². The van der Waals surface area contributed by atoms with E-state index in [1.54, 1.807) is 0 Å². The van der Waals surface area contributed by atoms with E-state index in [9.17, 15) is 0 Å². The highest BCUT2D eigenvalue weighted by molar-refractivity contribution is 4.61. The summed E-state index contributed by atoms with van der Waals surface area (Å²) in [5.41, 5.74) is 0. The summed E-state index contributed by atoms with van der Waals surface area (Å²) in [6.07, 6.45) is 8.17. The third-order valence-electron chi connectivity index (χ3n) is 2.31. The lowest BCUT2D eigenvalue weighted by molar-refractivity contribution is 0.476. The van der Waals surface area contributed by atoms with E-state index in [1.807, 2.05) is 0 Å². The Balaban J connectivity index is 3.07. The van der Waals surface area contributed by atoms with Gasteiger partial charge in [0.1, 0.15) is 0 Å². The lowest BCUT2D eigenvalue weighted by atomic mass is 10.1. The summed E-state index contributed by atoms with van der Waals surface area (Å²) < 4.78 is 0. The van der Waals surface area contributed by atoms with Crippen LogP contribution in [0.2, 0.25) is 0 Å². The molecular formula is C10H23N. The van der Waals surface area contributed by atoms with E-state index in [0.717, 1.165) is 6.04 Å². The highest BCUT2D eigenvalue weighted by Gasteiger charge is 2.00. The molecule has 1 nitrogen and oxygen atoms in total. The Labute approximate surface area is 71.6 Å². The number of hydrogen-bond donors (Lipinski definition) is 1. The normalized spacial score (nSPS) is 13.4. The summed E-state index contributed by atoms with van der Waals surface area (Å²) in [4.78, 5) is 0. The number of unbranched alkanes of at least 4 members (excludes halogenated alkanes) is 3. The standard InChI is InChI=1S/C10H23N/c1-4-6-7-8-9-10(5-2)11-3/h10-11H,4-9H2,1-3H3. The monoisotopic (exact) mass is 157 g/mol. The Kier molecular flexibility index (Phi) is 8.03. The number of nitrogens with one attached hydrogen (secondary N) is 1. The molecule has 0 amide bonds. The van der Waals surface area contributed by atoms with Crippen molar-refractivity contribution in [3.05, 3.63) is 0 Å². The third-order valence-corrected chi connectivity index (χ3v) is 2.31. The molecule has 0 heterocycles. The van der Waals surface area contributed by atoms with E-state index in [2.05, 4.69) is 26.2 Å². The zero-order chi connectivity index (χ0) is 8.53. The van der Waals surface area contributed by atoms with Crippen LogP contribution in [0.1, 0.15) is 52.4 Å². The second-order valence-corrected chi connectivity index (χ2v) is 3.24. The molecule has 0 aromatic heterocycles. The first-order chi connectivity index (χ1) is 5.35. The molecule has 0 aliphatic rings. The fraction of sp³-hybridized carbons (Fsp3) is 1.00. The van der Waals surface area contributed by atoms with Crippen molar-refractivity contribution in [2.45, 2.75) is 58.4 Å². The third kappa shape index (κ3) is 6.36. The predicted molar refractivity (Wildman–Crippen MR) is 51.9 cm³/mol. The fourth-order valence-electron chi connectivity index (χ4n) is 1.37. The fourth-order valence-corrected chi connectivity index (χ4v) is 1.37. The highest BCUT2D eigenvalue weighted by atomic mass is 14.9. The molecule has 0 spiro atoms. The van der Waals surface area contributed by atoms with Crippen molar-refractivity contribution >= 4 is 0 Å². The Morgan fingerprint density at radius 1 is 1.09 bits per heavy atom. The SMILES string of the molecule is CCCCCCC(CC)NC. The molecular weight excluding hydrogens is 134 g/mol. The average Bonchev–Trinajstić information content (AvgIpc) is 2.05. The molecule has 1 N–H and O–H groups in total. The van der Waals surface area contributed by atoms with Gasteiger partial charge in [0, 0.05) is 6.04 Å². The molecule has 1 atom stereocenters. The molecule has 0 radical (unpaired) electrons. The molecule has 1 heteroatoms. The average molecular weight is 157 g/mol. The molecule has 0 aliphatic heterocycles. The van der Waals surface area contributed by atoms with E-state index in [-0.39, 0.29) is 0 Å². The zero-order valence-corrected chi connectivity index (χ0v) is 8.32. The maximum atomic E-state index is 3.33. The van der Waals surface area contributed by atoms with Crippen LogP contribution in [0, 0.1) is 0 Å². The smallest absolute Gasteiger partial charge is 0.00614 e. The van der Waals surface area contributed by atoms with Crippen LogP contribution in [-0.2, 0) is 0 Å². The van der Waals surface area contributed by atoms with E-state index in [0.29, 0.717) is 0 Å². The van der Waals surface area contributed by atoms with Gasteiger partial charge in [-0.3, -0.25) is 0 Å². The Morgan fingerprint density at radius 2 is 1.82 bits per heavy atom. The van der Waals surface area contributed by atoms with Gasteiger partial charge in [-0.15, -0.1) is 0 Å². The van der Waals surface area contributed by atoms with Gasteiger partial charge in [0.2, 0.25) is 0 Å². The summed E-state index contributed by atoms with van der Waals surface area (Å²) in [5.74, 6) is 0. The molecule has 0 fully saturated rings. The molecule has 0 rings (SSSR count). The Bertz CT molecular complexity index is 67.3.